The van der Waals surface area contributed by atoms with Crippen LogP contribution in [0.1, 0.15) is 20.8 Å². The summed E-state index contributed by atoms with van der Waals surface area (Å²) in [7, 11) is 0. The first-order valence-electron chi connectivity index (χ1n) is 5.63. The van der Waals surface area contributed by atoms with E-state index in [1.165, 1.54) is 0 Å². The third-order valence-corrected chi connectivity index (χ3v) is 3.55. The molecule has 1 heterocycles. The van der Waals surface area contributed by atoms with Crippen LogP contribution in [0.4, 0.5) is 5.82 Å². The van der Waals surface area contributed by atoms with Crippen LogP contribution in [0.15, 0.2) is 30.5 Å². The first-order chi connectivity index (χ1) is 8.00. The Morgan fingerprint density at radius 1 is 1.29 bits per heavy atom. The molecule has 17 heavy (non-hydrogen) atoms. The second-order valence-electron chi connectivity index (χ2n) is 4.74. The SMILES string of the molecule is CC(Cl)C(C)(C)Nc1nncc2ccccc12. The van der Waals surface area contributed by atoms with Crippen LogP contribution in [0.25, 0.3) is 10.8 Å². The number of hydrogen-bond acceptors (Lipinski definition) is 3. The molecule has 1 atom stereocenters. The highest BCUT2D eigenvalue weighted by Gasteiger charge is 2.24. The van der Waals surface area contributed by atoms with Crippen LogP contribution in [0.5, 0.6) is 0 Å². The Bertz CT molecular complexity index is 518. The van der Waals surface area contributed by atoms with Crippen molar-refractivity contribution in [3.05, 3.63) is 30.5 Å². The molecule has 2 aromatic rings. The van der Waals surface area contributed by atoms with Gasteiger partial charge in [-0.3, -0.25) is 0 Å². The van der Waals surface area contributed by atoms with Crippen molar-refractivity contribution in [1.29, 1.82) is 0 Å². The molecule has 1 N–H and O–H groups in total. The molecule has 0 saturated carbocycles. The van der Waals surface area contributed by atoms with Gasteiger partial charge in [-0.05, 0) is 20.8 Å². The minimum absolute atomic E-state index is 0.0109. The second-order valence-corrected chi connectivity index (χ2v) is 5.40. The highest BCUT2D eigenvalue weighted by Crippen LogP contribution is 2.25. The summed E-state index contributed by atoms with van der Waals surface area (Å²) >= 11 is 6.16. The smallest absolute Gasteiger partial charge is 0.157 e. The predicted molar refractivity (Wildman–Crippen MR) is 72.6 cm³/mol. The summed E-state index contributed by atoms with van der Waals surface area (Å²) in [5, 5.41) is 13.6. The average molecular weight is 250 g/mol. The molecule has 0 fully saturated rings. The van der Waals surface area contributed by atoms with E-state index >= 15 is 0 Å². The van der Waals surface area contributed by atoms with E-state index in [1.807, 2.05) is 45.0 Å². The van der Waals surface area contributed by atoms with Gasteiger partial charge in [-0.25, -0.2) is 0 Å². The van der Waals surface area contributed by atoms with Gasteiger partial charge >= 0.3 is 0 Å². The van der Waals surface area contributed by atoms with Gasteiger partial charge in [0.05, 0.1) is 11.6 Å². The summed E-state index contributed by atoms with van der Waals surface area (Å²) in [6, 6.07) is 8.03. The molecule has 4 heteroatoms. The van der Waals surface area contributed by atoms with Gasteiger partial charge < -0.3 is 5.32 Å². The van der Waals surface area contributed by atoms with Gasteiger partial charge in [-0.15, -0.1) is 16.7 Å². The minimum Gasteiger partial charge on any atom is -0.362 e. The number of hydrogen-bond donors (Lipinski definition) is 1. The van der Waals surface area contributed by atoms with Crippen LogP contribution in [-0.2, 0) is 0 Å². The van der Waals surface area contributed by atoms with Gasteiger partial charge in [0.15, 0.2) is 5.82 Å². The zero-order valence-electron chi connectivity index (χ0n) is 10.2. The summed E-state index contributed by atoms with van der Waals surface area (Å²) in [5.41, 5.74) is -0.236. The first kappa shape index (κ1) is 12.1. The standard InChI is InChI=1S/C13H16ClN3/c1-9(14)13(2,3)16-12-11-7-5-4-6-10(11)8-15-17-12/h4-9H,1-3H3,(H,16,17). The molecule has 3 nitrogen and oxygen atoms in total. The molecule has 0 bridgehead atoms. The summed E-state index contributed by atoms with van der Waals surface area (Å²) in [5.74, 6) is 0.778. The quantitative estimate of drug-likeness (QED) is 0.847. The molecule has 90 valence electrons. The lowest BCUT2D eigenvalue weighted by Crippen LogP contribution is -2.39. The number of nitrogens with one attached hydrogen (secondary N) is 1. The lowest BCUT2D eigenvalue weighted by molar-refractivity contribution is 0.552. The topological polar surface area (TPSA) is 37.8 Å². The van der Waals surface area contributed by atoms with Gasteiger partial charge in [0.2, 0.25) is 0 Å². The zero-order valence-corrected chi connectivity index (χ0v) is 11.0. The van der Waals surface area contributed by atoms with Gasteiger partial charge in [-0.2, -0.15) is 5.10 Å². The minimum atomic E-state index is -0.236. The normalized spacial score (nSPS) is 13.6. The van der Waals surface area contributed by atoms with E-state index in [1.54, 1.807) is 6.20 Å². The van der Waals surface area contributed by atoms with E-state index in [4.69, 9.17) is 11.6 Å². The fraction of sp³-hybridized carbons (Fsp3) is 0.385. The fourth-order valence-electron chi connectivity index (χ4n) is 1.52. The third kappa shape index (κ3) is 2.50. The molecular formula is C13H16ClN3. The lowest BCUT2D eigenvalue weighted by Gasteiger charge is -2.29. The Kier molecular flexibility index (Phi) is 3.20. The first-order valence-corrected chi connectivity index (χ1v) is 6.07. The summed E-state index contributed by atoms with van der Waals surface area (Å²) < 4.78 is 0. The van der Waals surface area contributed by atoms with Crippen LogP contribution in [0.2, 0.25) is 0 Å². The Hall–Kier alpha value is -1.35. The molecule has 0 aliphatic heterocycles. The van der Waals surface area contributed by atoms with Gasteiger partial charge in [-0.1, -0.05) is 24.3 Å². The van der Waals surface area contributed by atoms with Crippen LogP contribution in [-0.4, -0.2) is 21.1 Å². The van der Waals surface area contributed by atoms with Crippen molar-refractivity contribution in [2.75, 3.05) is 5.32 Å². The van der Waals surface area contributed by atoms with Gasteiger partial charge in [0.25, 0.3) is 0 Å². The molecule has 0 aliphatic carbocycles. The van der Waals surface area contributed by atoms with Gasteiger partial charge in [0, 0.05) is 16.3 Å². The zero-order chi connectivity index (χ0) is 12.5. The summed E-state index contributed by atoms with van der Waals surface area (Å²) in [4.78, 5) is 0. The van der Waals surface area contributed by atoms with E-state index < -0.39 is 0 Å². The second kappa shape index (κ2) is 4.49. The van der Waals surface area contributed by atoms with Crippen LogP contribution >= 0.6 is 11.6 Å². The van der Waals surface area contributed by atoms with Crippen LogP contribution in [0, 0.1) is 0 Å². The number of benzene rings is 1. The van der Waals surface area contributed by atoms with E-state index in [0.717, 1.165) is 16.6 Å². The molecule has 0 saturated heterocycles. The highest BCUT2D eigenvalue weighted by molar-refractivity contribution is 6.21. The van der Waals surface area contributed by atoms with Crippen molar-refractivity contribution in [2.45, 2.75) is 31.7 Å². The summed E-state index contributed by atoms with van der Waals surface area (Å²) in [6.07, 6.45) is 1.76. The molecular weight excluding hydrogens is 234 g/mol. The number of alkyl halides is 1. The van der Waals surface area contributed by atoms with E-state index in [-0.39, 0.29) is 10.9 Å². The lowest BCUT2D eigenvalue weighted by atomic mass is 10.0. The van der Waals surface area contributed by atoms with E-state index in [0.29, 0.717) is 0 Å². The molecule has 0 radical (unpaired) electrons. The largest absolute Gasteiger partial charge is 0.362 e. The molecule has 0 aliphatic rings. The van der Waals surface area contributed by atoms with Crippen molar-refractivity contribution in [1.82, 2.24) is 10.2 Å². The van der Waals surface area contributed by atoms with Crippen molar-refractivity contribution < 1.29 is 0 Å². The molecule has 1 unspecified atom stereocenters. The third-order valence-electron chi connectivity index (χ3n) is 3.01. The molecule has 0 spiro atoms. The maximum Gasteiger partial charge on any atom is 0.157 e. The number of rotatable bonds is 3. The number of anilines is 1. The fourth-order valence-corrected chi connectivity index (χ4v) is 1.58. The van der Waals surface area contributed by atoms with E-state index in [9.17, 15) is 0 Å². The molecule has 0 amide bonds. The molecule has 2 rings (SSSR count). The van der Waals surface area contributed by atoms with Crippen molar-refractivity contribution in [2.24, 2.45) is 0 Å². The van der Waals surface area contributed by atoms with Crippen molar-refractivity contribution >= 4 is 28.2 Å². The van der Waals surface area contributed by atoms with Crippen LogP contribution in [0.3, 0.4) is 0 Å². The maximum atomic E-state index is 6.16. The Morgan fingerprint density at radius 2 is 2.00 bits per heavy atom. The number of aromatic nitrogens is 2. The monoisotopic (exact) mass is 249 g/mol. The molecule has 1 aromatic carbocycles. The maximum absolute atomic E-state index is 6.16. The van der Waals surface area contributed by atoms with E-state index in [2.05, 4.69) is 15.5 Å². The van der Waals surface area contributed by atoms with Crippen molar-refractivity contribution in [3.63, 3.8) is 0 Å². The average Bonchev–Trinajstić information content (AvgIpc) is 2.29. The number of fused-ring (bicyclic) bond motifs is 1. The molecule has 1 aromatic heterocycles. The van der Waals surface area contributed by atoms with Gasteiger partial charge in [0.1, 0.15) is 0 Å². The number of halogens is 1. The Morgan fingerprint density at radius 3 is 2.71 bits per heavy atom. The Balaban J connectivity index is 2.43. The Labute approximate surface area is 106 Å². The van der Waals surface area contributed by atoms with Crippen molar-refractivity contribution in [3.8, 4) is 0 Å². The van der Waals surface area contributed by atoms with Crippen LogP contribution < -0.4 is 5.32 Å². The summed E-state index contributed by atoms with van der Waals surface area (Å²) in [6.45, 7) is 6.06. The predicted octanol–water partition coefficient (Wildman–Crippen LogP) is 3.45. The highest BCUT2D eigenvalue weighted by atomic mass is 35.5. The number of nitrogens with zero attached hydrogens (tertiary/aromatic N) is 2.